The quantitative estimate of drug-likeness (QED) is 0.652. The topological polar surface area (TPSA) is 54.2 Å². The number of fused-ring (bicyclic) bond motifs is 5. The summed E-state index contributed by atoms with van der Waals surface area (Å²) >= 11 is 0.750. The Morgan fingerprint density at radius 2 is 1.80 bits per heavy atom. The summed E-state index contributed by atoms with van der Waals surface area (Å²) in [7, 11) is 2.10. The van der Waals surface area contributed by atoms with Gasteiger partial charge in [0.25, 0.3) is 0 Å². The molecule has 1 N–H and O–H groups in total. The van der Waals surface area contributed by atoms with Gasteiger partial charge in [0.1, 0.15) is 11.5 Å². The van der Waals surface area contributed by atoms with E-state index in [1.165, 1.54) is 54.2 Å². The molecule has 0 radical (unpaired) electrons. The van der Waals surface area contributed by atoms with Crippen LogP contribution in [0.1, 0.15) is 32.1 Å². The second-order valence-corrected chi connectivity index (χ2v) is 7.26. The van der Waals surface area contributed by atoms with E-state index in [9.17, 15) is 0 Å². The molecule has 2 saturated heterocycles. The van der Waals surface area contributed by atoms with E-state index in [2.05, 4.69) is 39.7 Å². The van der Waals surface area contributed by atoms with Crippen LogP contribution in [0.3, 0.4) is 0 Å². The van der Waals surface area contributed by atoms with E-state index in [4.69, 9.17) is 9.54 Å². The van der Waals surface area contributed by atoms with Crippen molar-refractivity contribution in [3.8, 4) is 0 Å². The van der Waals surface area contributed by atoms with Crippen molar-refractivity contribution in [2.75, 3.05) is 11.2 Å². The van der Waals surface area contributed by atoms with Crippen molar-refractivity contribution in [2.45, 2.75) is 44.2 Å². The van der Waals surface area contributed by atoms with Crippen LogP contribution in [0.15, 0.2) is 30.6 Å². The molecule has 2 fully saturated rings. The van der Waals surface area contributed by atoms with E-state index in [0.717, 1.165) is 17.7 Å². The van der Waals surface area contributed by atoms with E-state index >= 15 is 0 Å². The maximum atomic E-state index is 7.49. The van der Waals surface area contributed by atoms with Gasteiger partial charge in [0.15, 0.2) is 0 Å². The molecule has 2 aliphatic heterocycles. The van der Waals surface area contributed by atoms with Crippen LogP contribution in [-0.4, -0.2) is 37.4 Å². The van der Waals surface area contributed by atoms with Crippen LogP contribution in [-0.2, 0) is 7.05 Å². The summed E-state index contributed by atoms with van der Waals surface area (Å²) in [6.45, 7) is 0. The summed E-state index contributed by atoms with van der Waals surface area (Å²) in [5, 5.41) is 2.40. The van der Waals surface area contributed by atoms with Crippen LogP contribution in [0.5, 0.6) is 0 Å². The SMILES string of the molecule is CSO.Cn1c2ccncc2c2ccc(N3C4CCCC3CC4)nc21. The first-order chi connectivity index (χ1) is 12.2. The zero-order valence-corrected chi connectivity index (χ0v) is 15.5. The lowest BCUT2D eigenvalue weighted by Crippen LogP contribution is -2.40. The highest BCUT2D eigenvalue weighted by Crippen LogP contribution is 2.39. The van der Waals surface area contributed by atoms with Crippen molar-refractivity contribution in [1.29, 1.82) is 0 Å². The van der Waals surface area contributed by atoms with E-state index in [1.54, 1.807) is 6.26 Å². The molecule has 2 atom stereocenters. The Hall–Kier alpha value is -1.79. The molecule has 0 aromatic carbocycles. The zero-order chi connectivity index (χ0) is 17.4. The third-order valence-corrected chi connectivity index (χ3v) is 5.59. The lowest BCUT2D eigenvalue weighted by Gasteiger charge is -2.35. The molecule has 5 nitrogen and oxygen atoms in total. The van der Waals surface area contributed by atoms with Crippen LogP contribution in [0.25, 0.3) is 21.9 Å². The average molecular weight is 356 g/mol. The monoisotopic (exact) mass is 356 g/mol. The van der Waals surface area contributed by atoms with Gasteiger partial charge in [0.05, 0.1) is 5.52 Å². The third-order valence-electron chi connectivity index (χ3n) is 5.59. The first-order valence-electron chi connectivity index (χ1n) is 8.89. The Morgan fingerprint density at radius 3 is 2.52 bits per heavy atom. The molecular weight excluding hydrogens is 332 g/mol. The Labute approximate surface area is 152 Å². The number of pyridine rings is 2. The van der Waals surface area contributed by atoms with Gasteiger partial charge in [-0.3, -0.25) is 4.98 Å². The smallest absolute Gasteiger partial charge is 0.143 e. The molecule has 3 aromatic rings. The fourth-order valence-corrected chi connectivity index (χ4v) is 4.54. The van der Waals surface area contributed by atoms with Gasteiger partial charge in [-0.05, 0) is 62.3 Å². The number of hydrogen-bond donors (Lipinski definition) is 1. The number of aromatic nitrogens is 3. The summed E-state index contributed by atoms with van der Waals surface area (Å²) in [6.07, 6.45) is 12.1. The fourth-order valence-electron chi connectivity index (χ4n) is 4.54. The van der Waals surface area contributed by atoms with Crippen LogP contribution in [0, 0.1) is 0 Å². The van der Waals surface area contributed by atoms with Crippen molar-refractivity contribution in [3.63, 3.8) is 0 Å². The normalized spacial score (nSPS) is 22.3. The number of hydrogen-bond acceptors (Lipinski definition) is 5. The zero-order valence-electron chi connectivity index (χ0n) is 14.7. The largest absolute Gasteiger partial charge is 0.351 e. The summed E-state index contributed by atoms with van der Waals surface area (Å²) in [5.74, 6) is 1.17. The Kier molecular flexibility index (Phi) is 4.56. The highest BCUT2D eigenvalue weighted by atomic mass is 32.2. The van der Waals surface area contributed by atoms with E-state index in [1.807, 2.05) is 12.4 Å². The summed E-state index contributed by atoms with van der Waals surface area (Å²) in [6, 6.07) is 7.93. The molecule has 2 aliphatic rings. The van der Waals surface area contributed by atoms with Gasteiger partial charge in [0.2, 0.25) is 0 Å². The first kappa shape index (κ1) is 16.7. The minimum absolute atomic E-state index is 0.708. The molecule has 2 bridgehead atoms. The highest BCUT2D eigenvalue weighted by Gasteiger charge is 2.37. The van der Waals surface area contributed by atoms with Gasteiger partial charge in [-0.2, -0.15) is 0 Å². The van der Waals surface area contributed by atoms with Crippen molar-refractivity contribution < 1.29 is 4.55 Å². The minimum Gasteiger partial charge on any atom is -0.351 e. The molecule has 5 rings (SSSR count). The minimum atomic E-state index is 0.708. The molecule has 3 aromatic heterocycles. The van der Waals surface area contributed by atoms with Crippen molar-refractivity contribution in [3.05, 3.63) is 30.6 Å². The molecule has 0 amide bonds. The predicted molar refractivity (Wildman–Crippen MR) is 105 cm³/mol. The Balaban J connectivity index is 0.000000490. The maximum absolute atomic E-state index is 7.49. The van der Waals surface area contributed by atoms with Gasteiger partial charge in [0, 0.05) is 48.6 Å². The van der Waals surface area contributed by atoms with Gasteiger partial charge < -0.3 is 14.0 Å². The molecule has 6 heteroatoms. The van der Waals surface area contributed by atoms with E-state index < -0.39 is 0 Å². The van der Waals surface area contributed by atoms with E-state index in [0.29, 0.717) is 12.1 Å². The molecule has 0 saturated carbocycles. The Bertz CT molecular complexity index is 878. The van der Waals surface area contributed by atoms with Gasteiger partial charge in [-0.25, -0.2) is 4.98 Å². The second-order valence-electron chi connectivity index (χ2n) is 6.90. The predicted octanol–water partition coefficient (Wildman–Crippen LogP) is 4.47. The second kappa shape index (κ2) is 6.84. The van der Waals surface area contributed by atoms with Crippen molar-refractivity contribution in [1.82, 2.24) is 14.5 Å². The molecule has 0 aliphatic carbocycles. The summed E-state index contributed by atoms with van der Waals surface area (Å²) < 4.78 is 9.68. The van der Waals surface area contributed by atoms with Gasteiger partial charge >= 0.3 is 0 Å². The number of rotatable bonds is 1. The van der Waals surface area contributed by atoms with Crippen molar-refractivity contribution in [2.24, 2.45) is 7.05 Å². The number of aryl methyl sites for hydroxylation is 1. The molecular formula is C19H24N4OS. The summed E-state index contributed by atoms with van der Waals surface area (Å²) in [4.78, 5) is 11.9. The number of piperidine rings is 1. The summed E-state index contributed by atoms with van der Waals surface area (Å²) in [5.41, 5.74) is 2.28. The van der Waals surface area contributed by atoms with Crippen LogP contribution >= 0.6 is 12.0 Å². The fraction of sp³-hybridized carbons (Fsp3) is 0.474. The van der Waals surface area contributed by atoms with Gasteiger partial charge in [-0.15, -0.1) is 0 Å². The molecule has 0 spiro atoms. The van der Waals surface area contributed by atoms with Gasteiger partial charge in [-0.1, -0.05) is 0 Å². The first-order valence-corrected chi connectivity index (χ1v) is 10.1. The molecule has 25 heavy (non-hydrogen) atoms. The molecule has 5 heterocycles. The highest BCUT2D eigenvalue weighted by molar-refractivity contribution is 7.93. The average Bonchev–Trinajstić information content (AvgIpc) is 3.06. The van der Waals surface area contributed by atoms with E-state index in [-0.39, 0.29) is 0 Å². The standard InChI is InChI=1S/C18H20N4.CH4OS/c1-21-16-9-10-19-11-15(16)14-7-8-17(20-18(14)21)22-12-3-2-4-13(22)6-5-12;1-3-2/h7-13H,2-6H2,1H3;2H,1H3. The molecule has 132 valence electrons. The van der Waals surface area contributed by atoms with Crippen LogP contribution in [0.2, 0.25) is 0 Å². The lowest BCUT2D eigenvalue weighted by atomic mass is 10.0. The Morgan fingerprint density at radius 1 is 1.08 bits per heavy atom. The number of nitrogens with zero attached hydrogens (tertiary/aromatic N) is 4. The van der Waals surface area contributed by atoms with Crippen LogP contribution in [0.4, 0.5) is 5.82 Å². The maximum Gasteiger partial charge on any atom is 0.143 e. The van der Waals surface area contributed by atoms with Crippen molar-refractivity contribution >= 4 is 39.8 Å². The number of anilines is 1. The lowest BCUT2D eigenvalue weighted by molar-refractivity contribution is 0.465. The third kappa shape index (κ3) is 2.77. The van der Waals surface area contributed by atoms with Crippen LogP contribution < -0.4 is 4.90 Å². The molecule has 2 unspecified atom stereocenters.